The second kappa shape index (κ2) is 5.29. The Bertz CT molecular complexity index is 402. The van der Waals surface area contributed by atoms with Gasteiger partial charge >= 0.3 is 0 Å². The van der Waals surface area contributed by atoms with E-state index in [1.165, 1.54) is 56.2 Å². The minimum Gasteiger partial charge on any atom is -0.381 e. The largest absolute Gasteiger partial charge is 0.381 e. The number of hydrogen-bond acceptors (Lipinski definition) is 2. The molecule has 1 N–H and O–H groups in total. The molecular weight excluding hydrogens is 220 g/mol. The maximum atomic E-state index is 4.23. The Morgan fingerprint density at radius 2 is 1.94 bits per heavy atom. The Labute approximate surface area is 110 Å². The molecule has 2 saturated carbocycles. The van der Waals surface area contributed by atoms with Gasteiger partial charge in [0.05, 0.1) is 11.9 Å². The molecular formula is C16H24N2. The summed E-state index contributed by atoms with van der Waals surface area (Å²) in [5.74, 6) is 2.02. The number of pyridine rings is 1. The molecule has 1 aromatic rings. The van der Waals surface area contributed by atoms with E-state index in [1.807, 2.05) is 12.4 Å². The van der Waals surface area contributed by atoms with E-state index in [-0.39, 0.29) is 0 Å². The van der Waals surface area contributed by atoms with Gasteiger partial charge in [0.1, 0.15) is 0 Å². The zero-order valence-corrected chi connectivity index (χ0v) is 11.4. The highest BCUT2D eigenvalue weighted by atomic mass is 14.9. The summed E-state index contributed by atoms with van der Waals surface area (Å²) in [5.41, 5.74) is 2.55. The molecule has 18 heavy (non-hydrogen) atoms. The molecule has 0 spiro atoms. The number of nitrogens with zero attached hydrogens (tertiary/aromatic N) is 1. The zero-order valence-electron chi connectivity index (χ0n) is 11.4. The molecule has 98 valence electrons. The molecule has 2 fully saturated rings. The maximum Gasteiger partial charge on any atom is 0.0558 e. The Kier molecular flexibility index (Phi) is 3.53. The van der Waals surface area contributed by atoms with E-state index in [1.54, 1.807) is 0 Å². The molecule has 2 heteroatoms. The predicted octanol–water partition coefficient (Wildman–Crippen LogP) is 4.16. The standard InChI is InChI=1S/C16H24N2/c1-12-8-9-17-11-16(12)18-15-7-6-13-4-2-3-5-14(13)10-15/h8-9,11,13-15,18H,2-7,10H2,1H3. The van der Waals surface area contributed by atoms with Crippen LogP contribution < -0.4 is 5.32 Å². The lowest BCUT2D eigenvalue weighted by atomic mass is 9.69. The molecule has 0 bridgehead atoms. The van der Waals surface area contributed by atoms with Gasteiger partial charge < -0.3 is 5.32 Å². The van der Waals surface area contributed by atoms with Gasteiger partial charge in [-0.15, -0.1) is 0 Å². The van der Waals surface area contributed by atoms with Gasteiger partial charge in [-0.1, -0.05) is 25.7 Å². The molecule has 3 unspecified atom stereocenters. The van der Waals surface area contributed by atoms with Crippen LogP contribution in [-0.4, -0.2) is 11.0 Å². The van der Waals surface area contributed by atoms with Gasteiger partial charge in [-0.05, 0) is 49.7 Å². The first-order valence-corrected chi connectivity index (χ1v) is 7.50. The van der Waals surface area contributed by atoms with Crippen LogP contribution in [0.3, 0.4) is 0 Å². The summed E-state index contributed by atoms with van der Waals surface area (Å²) in [7, 11) is 0. The van der Waals surface area contributed by atoms with Crippen LogP contribution in [0.5, 0.6) is 0 Å². The van der Waals surface area contributed by atoms with Crippen LogP contribution in [-0.2, 0) is 0 Å². The summed E-state index contributed by atoms with van der Waals surface area (Å²) in [6.07, 6.45) is 13.9. The Hall–Kier alpha value is -1.05. The molecule has 2 aliphatic carbocycles. The van der Waals surface area contributed by atoms with Crippen LogP contribution in [0.25, 0.3) is 0 Å². The summed E-state index contributed by atoms with van der Waals surface area (Å²) >= 11 is 0. The second-order valence-electron chi connectivity index (χ2n) is 6.15. The number of rotatable bonds is 2. The Morgan fingerprint density at radius 3 is 2.78 bits per heavy atom. The predicted molar refractivity (Wildman–Crippen MR) is 75.7 cm³/mol. The molecule has 3 rings (SSSR count). The van der Waals surface area contributed by atoms with E-state index in [9.17, 15) is 0 Å². The molecule has 0 saturated heterocycles. The molecule has 1 heterocycles. The smallest absolute Gasteiger partial charge is 0.0558 e. The monoisotopic (exact) mass is 244 g/mol. The highest BCUT2D eigenvalue weighted by Gasteiger charge is 2.32. The normalized spacial score (nSPS) is 31.7. The topological polar surface area (TPSA) is 24.9 Å². The molecule has 0 amide bonds. The lowest BCUT2D eigenvalue weighted by molar-refractivity contribution is 0.162. The zero-order chi connectivity index (χ0) is 12.4. The summed E-state index contributed by atoms with van der Waals surface area (Å²) < 4.78 is 0. The first kappa shape index (κ1) is 12.0. The van der Waals surface area contributed by atoms with Gasteiger partial charge in [-0.3, -0.25) is 4.98 Å². The number of aryl methyl sites for hydroxylation is 1. The minimum absolute atomic E-state index is 0.673. The van der Waals surface area contributed by atoms with Gasteiger partial charge in [0.15, 0.2) is 0 Å². The first-order valence-electron chi connectivity index (χ1n) is 7.50. The van der Waals surface area contributed by atoms with E-state index >= 15 is 0 Å². The van der Waals surface area contributed by atoms with Crippen LogP contribution >= 0.6 is 0 Å². The van der Waals surface area contributed by atoms with Crippen molar-refractivity contribution in [3.05, 3.63) is 24.0 Å². The van der Waals surface area contributed by atoms with E-state index in [0.29, 0.717) is 6.04 Å². The van der Waals surface area contributed by atoms with Crippen molar-refractivity contribution in [2.24, 2.45) is 11.8 Å². The van der Waals surface area contributed by atoms with Crippen molar-refractivity contribution in [3.63, 3.8) is 0 Å². The van der Waals surface area contributed by atoms with E-state index in [0.717, 1.165) is 11.8 Å². The average Bonchev–Trinajstić information content (AvgIpc) is 2.41. The number of nitrogens with one attached hydrogen (secondary N) is 1. The fraction of sp³-hybridized carbons (Fsp3) is 0.688. The summed E-state index contributed by atoms with van der Waals surface area (Å²) in [4.78, 5) is 4.23. The third kappa shape index (κ3) is 2.52. The quantitative estimate of drug-likeness (QED) is 0.845. The summed E-state index contributed by atoms with van der Waals surface area (Å²) in [6, 6.07) is 2.77. The van der Waals surface area contributed by atoms with Gasteiger partial charge in [0.2, 0.25) is 0 Å². The molecule has 1 aromatic heterocycles. The van der Waals surface area contributed by atoms with Crippen LogP contribution in [0.4, 0.5) is 5.69 Å². The van der Waals surface area contributed by atoms with Crippen LogP contribution in [0, 0.1) is 18.8 Å². The Balaban J connectivity index is 1.63. The number of fused-ring (bicyclic) bond motifs is 1. The van der Waals surface area contributed by atoms with E-state index in [2.05, 4.69) is 23.3 Å². The molecule has 0 aliphatic heterocycles. The fourth-order valence-electron chi connectivity index (χ4n) is 3.84. The lowest BCUT2D eigenvalue weighted by Gasteiger charge is -2.40. The summed E-state index contributed by atoms with van der Waals surface area (Å²) in [6.45, 7) is 2.16. The van der Waals surface area contributed by atoms with E-state index < -0.39 is 0 Å². The molecule has 2 aliphatic rings. The third-order valence-electron chi connectivity index (χ3n) is 4.94. The SMILES string of the molecule is Cc1ccncc1NC1CCC2CCCCC2C1. The van der Waals surface area contributed by atoms with Crippen LogP contribution in [0.15, 0.2) is 18.5 Å². The van der Waals surface area contributed by atoms with Crippen molar-refractivity contribution in [2.75, 3.05) is 5.32 Å². The highest BCUT2D eigenvalue weighted by molar-refractivity contribution is 5.48. The van der Waals surface area contributed by atoms with Crippen molar-refractivity contribution in [1.82, 2.24) is 4.98 Å². The van der Waals surface area contributed by atoms with Gasteiger partial charge in [-0.25, -0.2) is 0 Å². The third-order valence-corrected chi connectivity index (χ3v) is 4.94. The fourth-order valence-corrected chi connectivity index (χ4v) is 3.84. The first-order chi connectivity index (χ1) is 8.83. The number of aromatic nitrogens is 1. The van der Waals surface area contributed by atoms with Crippen molar-refractivity contribution < 1.29 is 0 Å². The van der Waals surface area contributed by atoms with Crippen molar-refractivity contribution in [2.45, 2.75) is 57.9 Å². The van der Waals surface area contributed by atoms with E-state index in [4.69, 9.17) is 0 Å². The number of hydrogen-bond donors (Lipinski definition) is 1. The highest BCUT2D eigenvalue weighted by Crippen LogP contribution is 2.41. The van der Waals surface area contributed by atoms with Crippen molar-refractivity contribution in [3.8, 4) is 0 Å². The van der Waals surface area contributed by atoms with Crippen LogP contribution in [0.2, 0.25) is 0 Å². The van der Waals surface area contributed by atoms with Crippen molar-refractivity contribution >= 4 is 5.69 Å². The second-order valence-corrected chi connectivity index (χ2v) is 6.15. The van der Waals surface area contributed by atoms with Gasteiger partial charge in [0, 0.05) is 12.2 Å². The average molecular weight is 244 g/mol. The Morgan fingerprint density at radius 1 is 1.11 bits per heavy atom. The van der Waals surface area contributed by atoms with Crippen LogP contribution in [0.1, 0.15) is 50.5 Å². The number of anilines is 1. The van der Waals surface area contributed by atoms with Crippen molar-refractivity contribution in [1.29, 1.82) is 0 Å². The van der Waals surface area contributed by atoms with Gasteiger partial charge in [-0.2, -0.15) is 0 Å². The maximum absolute atomic E-state index is 4.23. The molecule has 3 atom stereocenters. The van der Waals surface area contributed by atoms with Gasteiger partial charge in [0.25, 0.3) is 0 Å². The molecule has 0 aromatic carbocycles. The minimum atomic E-state index is 0.673. The summed E-state index contributed by atoms with van der Waals surface area (Å²) in [5, 5.41) is 3.72. The molecule has 2 nitrogen and oxygen atoms in total. The molecule has 0 radical (unpaired) electrons. The lowest BCUT2D eigenvalue weighted by Crippen LogP contribution is -2.34.